The Morgan fingerprint density at radius 1 is 1.34 bits per heavy atom. The zero-order valence-electron chi connectivity index (χ0n) is 20.4. The van der Waals surface area contributed by atoms with E-state index >= 15 is 0 Å². The molecule has 5 rings (SSSR count). The lowest BCUT2D eigenvalue weighted by Crippen LogP contribution is -2.39. The predicted octanol–water partition coefficient (Wildman–Crippen LogP) is 4.42. The van der Waals surface area contributed by atoms with E-state index in [-0.39, 0.29) is 28.8 Å². The first-order valence-electron chi connectivity index (χ1n) is 11.8. The second kappa shape index (κ2) is 11.0. The molecule has 0 spiro atoms. The van der Waals surface area contributed by atoms with E-state index in [4.69, 9.17) is 10.3 Å². The monoisotopic (exact) mass is 545 g/mol. The summed E-state index contributed by atoms with van der Waals surface area (Å²) < 4.78 is 5.50. The molecular weight excluding hydrogens is 522 g/mol. The summed E-state index contributed by atoms with van der Waals surface area (Å²) in [4.78, 5) is 27.1. The molecule has 1 aliphatic heterocycles. The third-order valence-electron chi connectivity index (χ3n) is 6.05. The fourth-order valence-electron chi connectivity index (χ4n) is 4.39. The van der Waals surface area contributed by atoms with Crippen molar-refractivity contribution in [2.24, 2.45) is 11.7 Å². The zero-order valence-corrected chi connectivity index (χ0v) is 22.0. The number of benzene rings is 1. The Bertz CT molecular complexity index is 1510. The maximum Gasteiger partial charge on any atom is 0.236 e. The number of nitriles is 1. The number of amides is 1. The summed E-state index contributed by atoms with van der Waals surface area (Å²) >= 11 is 2.46. The molecule has 3 aromatic rings. The molecule has 1 amide bonds. The molecule has 1 aliphatic carbocycles. The van der Waals surface area contributed by atoms with Gasteiger partial charge in [0.05, 0.1) is 17.4 Å². The Hall–Kier alpha value is -4.21. The van der Waals surface area contributed by atoms with E-state index in [0.29, 0.717) is 45.9 Å². The van der Waals surface area contributed by atoms with Gasteiger partial charge in [0.2, 0.25) is 11.0 Å². The van der Waals surface area contributed by atoms with Crippen molar-refractivity contribution in [1.29, 1.82) is 5.26 Å². The zero-order chi connectivity index (χ0) is 26.6. The van der Waals surface area contributed by atoms with Crippen molar-refractivity contribution in [2.45, 2.75) is 30.5 Å². The number of ketones is 1. The lowest BCUT2D eigenvalue weighted by Gasteiger charge is -2.37. The van der Waals surface area contributed by atoms with Crippen LogP contribution in [0, 0.1) is 24.2 Å². The fourth-order valence-corrected chi connectivity index (χ4v) is 6.07. The lowest BCUT2D eigenvalue weighted by molar-refractivity contribution is -0.116. The van der Waals surface area contributed by atoms with Gasteiger partial charge in [0.1, 0.15) is 11.6 Å². The quantitative estimate of drug-likeness (QED) is 0.408. The maximum atomic E-state index is 13.1. The molecule has 12 heteroatoms. The van der Waals surface area contributed by atoms with Gasteiger partial charge < -0.3 is 15.6 Å². The summed E-state index contributed by atoms with van der Waals surface area (Å²) in [5.74, 6) is 0.462. The number of carbonyl (C=O) groups is 2. The number of hydrogen-bond donors (Lipinski definition) is 2. The van der Waals surface area contributed by atoms with Crippen molar-refractivity contribution in [3.63, 3.8) is 0 Å². The highest BCUT2D eigenvalue weighted by Gasteiger charge is 2.39. The summed E-state index contributed by atoms with van der Waals surface area (Å²) in [6, 6.07) is 13.5. The summed E-state index contributed by atoms with van der Waals surface area (Å²) in [6.07, 6.45) is 5.49. The smallest absolute Gasteiger partial charge is 0.236 e. The maximum absolute atomic E-state index is 13.1. The van der Waals surface area contributed by atoms with Crippen LogP contribution in [0.15, 0.2) is 74.0 Å². The van der Waals surface area contributed by atoms with Crippen molar-refractivity contribution in [1.82, 2.24) is 15.4 Å². The molecule has 3 heterocycles. The van der Waals surface area contributed by atoms with E-state index in [2.05, 4.69) is 26.7 Å². The highest BCUT2D eigenvalue weighted by atomic mass is 32.2. The van der Waals surface area contributed by atoms with Gasteiger partial charge in [0, 0.05) is 29.7 Å². The SMILES string of the molecule is Cc1cc(NC(=O)CSc2nnc(N3C(N)=C(C#N)C(/C=C/c4ccccc4)C4=C3CCCC4=O)s2)no1. The van der Waals surface area contributed by atoms with E-state index in [0.717, 1.165) is 11.3 Å². The van der Waals surface area contributed by atoms with Gasteiger partial charge in [-0.3, -0.25) is 14.5 Å². The second-order valence-corrected chi connectivity index (χ2v) is 10.8. The number of anilines is 2. The Morgan fingerprint density at radius 3 is 2.89 bits per heavy atom. The van der Waals surface area contributed by atoms with Gasteiger partial charge in [-0.2, -0.15) is 5.26 Å². The number of allylic oxidation sites excluding steroid dienone is 4. The van der Waals surface area contributed by atoms with Crippen LogP contribution in [0.3, 0.4) is 0 Å². The standard InChI is InChI=1S/C26H23N7O3S2/c1-15-12-21(32-36-15)29-22(35)14-37-26-31-30-25(38-26)33-19-8-5-9-20(34)23(19)17(18(13-27)24(33)28)11-10-16-6-3-2-4-7-16/h2-4,6-7,10-12,17H,5,8-9,14,28H2,1H3,(H,29,32,35)/b11-10+. The number of aromatic nitrogens is 3. The van der Waals surface area contributed by atoms with Crippen LogP contribution in [0.2, 0.25) is 0 Å². The van der Waals surface area contributed by atoms with Gasteiger partial charge in [-0.05, 0) is 25.3 Å². The van der Waals surface area contributed by atoms with Crippen LogP contribution in [0.1, 0.15) is 30.6 Å². The Labute approximate surface area is 226 Å². The number of hydrogen-bond acceptors (Lipinski definition) is 11. The van der Waals surface area contributed by atoms with Crippen molar-refractivity contribution in [2.75, 3.05) is 16.0 Å². The van der Waals surface area contributed by atoms with Crippen molar-refractivity contribution in [3.8, 4) is 6.07 Å². The summed E-state index contributed by atoms with van der Waals surface area (Å²) in [5.41, 5.74) is 9.12. The minimum absolute atomic E-state index is 0.00177. The van der Waals surface area contributed by atoms with Crippen LogP contribution in [-0.2, 0) is 9.59 Å². The number of nitrogens with zero attached hydrogens (tertiary/aromatic N) is 5. The van der Waals surface area contributed by atoms with Crippen LogP contribution in [0.25, 0.3) is 6.08 Å². The van der Waals surface area contributed by atoms with Crippen molar-refractivity contribution in [3.05, 3.63) is 76.5 Å². The lowest BCUT2D eigenvalue weighted by atomic mass is 9.79. The van der Waals surface area contributed by atoms with Gasteiger partial charge in [-0.25, -0.2) is 0 Å². The van der Waals surface area contributed by atoms with Crippen LogP contribution >= 0.6 is 23.1 Å². The number of carbonyl (C=O) groups excluding carboxylic acids is 2. The molecule has 2 aromatic heterocycles. The minimum Gasteiger partial charge on any atom is -0.384 e. The highest BCUT2D eigenvalue weighted by molar-refractivity contribution is 8.01. The van der Waals surface area contributed by atoms with Gasteiger partial charge in [-0.1, -0.05) is 70.7 Å². The minimum atomic E-state index is -0.537. The van der Waals surface area contributed by atoms with Gasteiger partial charge in [0.25, 0.3) is 0 Å². The number of nitrogens with two attached hydrogens (primary N) is 1. The van der Waals surface area contributed by atoms with Gasteiger partial charge in [-0.15, -0.1) is 10.2 Å². The van der Waals surface area contributed by atoms with Crippen LogP contribution in [0.5, 0.6) is 0 Å². The second-order valence-electron chi connectivity index (χ2n) is 8.64. The third kappa shape index (κ3) is 5.25. The van der Waals surface area contributed by atoms with E-state index in [1.165, 1.54) is 23.1 Å². The Balaban J connectivity index is 1.40. The van der Waals surface area contributed by atoms with Crippen molar-refractivity contribution < 1.29 is 14.1 Å². The Morgan fingerprint density at radius 2 is 2.16 bits per heavy atom. The fraction of sp³-hybridized carbons (Fsp3) is 0.231. The molecule has 0 radical (unpaired) electrons. The highest BCUT2D eigenvalue weighted by Crippen LogP contribution is 2.44. The molecule has 1 aromatic carbocycles. The van der Waals surface area contributed by atoms with Crippen molar-refractivity contribution >= 4 is 51.8 Å². The number of Topliss-reactive ketones (excluding diaryl/α,β-unsaturated/α-hetero) is 1. The first-order valence-corrected chi connectivity index (χ1v) is 13.6. The van der Waals surface area contributed by atoms with E-state index in [1.807, 2.05) is 42.5 Å². The number of aryl methyl sites for hydroxylation is 1. The molecule has 192 valence electrons. The molecular formula is C26H23N7O3S2. The first-order chi connectivity index (χ1) is 18.4. The predicted molar refractivity (Wildman–Crippen MR) is 145 cm³/mol. The molecule has 2 aliphatic rings. The van der Waals surface area contributed by atoms with E-state index in [9.17, 15) is 14.9 Å². The molecule has 0 bridgehead atoms. The normalized spacial score (nSPS) is 17.6. The van der Waals surface area contributed by atoms with Gasteiger partial charge >= 0.3 is 0 Å². The van der Waals surface area contributed by atoms with E-state index in [1.54, 1.807) is 17.9 Å². The summed E-state index contributed by atoms with van der Waals surface area (Å²) in [5, 5.41) is 25.4. The molecule has 1 atom stereocenters. The Kier molecular flexibility index (Phi) is 7.39. The van der Waals surface area contributed by atoms with Crippen LogP contribution in [0.4, 0.5) is 10.9 Å². The molecule has 38 heavy (non-hydrogen) atoms. The number of thioether (sulfide) groups is 1. The average molecular weight is 546 g/mol. The van der Waals surface area contributed by atoms with Gasteiger partial charge in [0.15, 0.2) is 15.9 Å². The molecule has 0 saturated carbocycles. The topological polar surface area (TPSA) is 151 Å². The summed E-state index contributed by atoms with van der Waals surface area (Å²) in [6.45, 7) is 1.74. The molecule has 10 nitrogen and oxygen atoms in total. The largest absolute Gasteiger partial charge is 0.384 e. The number of nitrogens with one attached hydrogen (secondary N) is 1. The third-order valence-corrected chi connectivity index (χ3v) is 8.09. The van der Waals surface area contributed by atoms with E-state index < -0.39 is 5.92 Å². The molecule has 0 fully saturated rings. The van der Waals surface area contributed by atoms with Crippen LogP contribution < -0.4 is 16.0 Å². The van der Waals surface area contributed by atoms with Crippen LogP contribution in [-0.4, -0.2) is 32.8 Å². The first kappa shape index (κ1) is 25.4. The molecule has 1 unspecified atom stereocenters. The summed E-state index contributed by atoms with van der Waals surface area (Å²) in [7, 11) is 0. The number of rotatable bonds is 7. The molecule has 0 saturated heterocycles. The average Bonchev–Trinajstić information content (AvgIpc) is 3.55. The molecule has 3 N–H and O–H groups in total.